The Labute approximate surface area is 146 Å². The maximum absolute atomic E-state index is 13.9. The average molecular weight is 346 g/mol. The molecule has 3 rings (SSSR count). The highest BCUT2D eigenvalue weighted by molar-refractivity contribution is 5.87. The summed E-state index contributed by atoms with van der Waals surface area (Å²) in [5, 5.41) is 9.78. The van der Waals surface area contributed by atoms with Crippen LogP contribution in [0.1, 0.15) is 27.2 Å². The average Bonchev–Trinajstić information content (AvgIpc) is 3.17. The fourth-order valence-electron chi connectivity index (χ4n) is 2.77. The minimum absolute atomic E-state index is 0.0516. The molecular formula is C17H23FN6O. The molecule has 2 amide bonds. The van der Waals surface area contributed by atoms with Gasteiger partial charge in [0.2, 0.25) is 5.95 Å². The van der Waals surface area contributed by atoms with Gasteiger partial charge in [0.25, 0.3) is 0 Å². The summed E-state index contributed by atoms with van der Waals surface area (Å²) in [6.07, 6.45) is 2.34. The molecule has 0 saturated carbocycles. The molecule has 1 aliphatic rings. The lowest BCUT2D eigenvalue weighted by molar-refractivity contribution is 0.249. The van der Waals surface area contributed by atoms with E-state index >= 15 is 0 Å². The quantitative estimate of drug-likeness (QED) is 0.896. The van der Waals surface area contributed by atoms with Gasteiger partial charge in [-0.25, -0.2) is 18.9 Å². The topological polar surface area (TPSA) is 75.1 Å². The van der Waals surface area contributed by atoms with Crippen LogP contribution >= 0.6 is 0 Å². The highest BCUT2D eigenvalue weighted by atomic mass is 19.1. The van der Waals surface area contributed by atoms with E-state index in [1.807, 2.05) is 31.7 Å². The van der Waals surface area contributed by atoms with Crippen LogP contribution in [0.25, 0.3) is 0 Å². The Balaban J connectivity index is 1.54. The summed E-state index contributed by atoms with van der Waals surface area (Å²) in [7, 11) is 0. The molecule has 2 N–H and O–H groups in total. The van der Waals surface area contributed by atoms with Crippen molar-refractivity contribution in [1.29, 1.82) is 0 Å². The molecule has 2 heterocycles. The summed E-state index contributed by atoms with van der Waals surface area (Å²) < 4.78 is 15.5. The summed E-state index contributed by atoms with van der Waals surface area (Å²) in [6, 6.07) is 6.27. The van der Waals surface area contributed by atoms with E-state index in [2.05, 4.69) is 20.7 Å². The molecule has 1 atom stereocenters. The van der Waals surface area contributed by atoms with Gasteiger partial charge in [0, 0.05) is 19.1 Å². The van der Waals surface area contributed by atoms with E-state index in [0.717, 1.165) is 6.42 Å². The molecule has 2 aromatic rings. The number of benzene rings is 1. The summed E-state index contributed by atoms with van der Waals surface area (Å²) in [4.78, 5) is 18.2. The number of nitrogens with one attached hydrogen (secondary N) is 2. The Morgan fingerprint density at radius 2 is 2.08 bits per heavy atom. The van der Waals surface area contributed by atoms with Crippen molar-refractivity contribution < 1.29 is 9.18 Å². The first kappa shape index (κ1) is 17.2. The minimum Gasteiger partial charge on any atom is -0.367 e. The van der Waals surface area contributed by atoms with Crippen molar-refractivity contribution in [3.8, 4) is 0 Å². The molecule has 0 unspecified atom stereocenters. The number of aromatic nitrogens is 3. The van der Waals surface area contributed by atoms with Gasteiger partial charge in [-0.3, -0.25) is 5.32 Å². The van der Waals surface area contributed by atoms with Gasteiger partial charge in [-0.05, 0) is 39.3 Å². The zero-order chi connectivity index (χ0) is 18.0. The lowest BCUT2D eigenvalue weighted by Gasteiger charge is -2.19. The van der Waals surface area contributed by atoms with E-state index in [0.29, 0.717) is 18.8 Å². The molecule has 1 aromatic carbocycles. The van der Waals surface area contributed by atoms with Gasteiger partial charge in [-0.1, -0.05) is 12.1 Å². The molecule has 7 nitrogen and oxygen atoms in total. The van der Waals surface area contributed by atoms with Crippen molar-refractivity contribution in [2.75, 3.05) is 23.3 Å². The molecule has 0 bridgehead atoms. The van der Waals surface area contributed by atoms with Crippen molar-refractivity contribution in [2.45, 2.75) is 38.8 Å². The first-order chi connectivity index (χ1) is 11.8. The van der Waals surface area contributed by atoms with Crippen molar-refractivity contribution in [1.82, 2.24) is 20.1 Å². The van der Waals surface area contributed by atoms with Crippen LogP contribution in [0.3, 0.4) is 0 Å². The predicted octanol–water partition coefficient (Wildman–Crippen LogP) is 2.57. The molecule has 1 aliphatic heterocycles. The standard InChI is InChI=1S/C17H23FN6O/c1-17(2,3)24-11-19-15(22-24)21-16(25)20-12-8-9-23(10-12)14-7-5-4-6-13(14)18/h4-7,11-12H,8-10H2,1-3H3,(H2,20,21,22,25)/t12-/m0/s1. The van der Waals surface area contributed by atoms with E-state index < -0.39 is 0 Å². The molecule has 25 heavy (non-hydrogen) atoms. The number of anilines is 2. The van der Waals surface area contributed by atoms with Gasteiger partial charge in [0.1, 0.15) is 12.1 Å². The highest BCUT2D eigenvalue weighted by Gasteiger charge is 2.26. The number of urea groups is 1. The van der Waals surface area contributed by atoms with Crippen LogP contribution in [-0.4, -0.2) is 39.9 Å². The third-order valence-corrected chi connectivity index (χ3v) is 4.12. The van der Waals surface area contributed by atoms with Gasteiger partial charge in [0.05, 0.1) is 11.2 Å². The first-order valence-corrected chi connectivity index (χ1v) is 8.32. The van der Waals surface area contributed by atoms with Crippen LogP contribution in [0.2, 0.25) is 0 Å². The van der Waals surface area contributed by atoms with Crippen LogP contribution in [0.15, 0.2) is 30.6 Å². The van der Waals surface area contributed by atoms with E-state index in [1.54, 1.807) is 23.1 Å². The second-order valence-corrected chi connectivity index (χ2v) is 7.17. The fourth-order valence-corrected chi connectivity index (χ4v) is 2.77. The van der Waals surface area contributed by atoms with Crippen molar-refractivity contribution in [3.63, 3.8) is 0 Å². The van der Waals surface area contributed by atoms with Crippen LogP contribution < -0.4 is 15.5 Å². The number of nitrogens with zero attached hydrogens (tertiary/aromatic N) is 4. The highest BCUT2D eigenvalue weighted by Crippen LogP contribution is 2.23. The first-order valence-electron chi connectivity index (χ1n) is 8.32. The largest absolute Gasteiger partial charge is 0.367 e. The molecule has 8 heteroatoms. The summed E-state index contributed by atoms with van der Waals surface area (Å²) >= 11 is 0. The van der Waals surface area contributed by atoms with Crippen molar-refractivity contribution >= 4 is 17.7 Å². The second kappa shape index (κ2) is 6.70. The normalized spacial score (nSPS) is 17.6. The molecule has 1 aromatic heterocycles. The number of para-hydroxylation sites is 1. The van der Waals surface area contributed by atoms with Gasteiger partial charge in [0.15, 0.2) is 0 Å². The summed E-state index contributed by atoms with van der Waals surface area (Å²) in [5.74, 6) is 0.0147. The zero-order valence-electron chi connectivity index (χ0n) is 14.7. The molecule has 1 saturated heterocycles. The third kappa shape index (κ3) is 4.07. The second-order valence-electron chi connectivity index (χ2n) is 7.17. The molecule has 0 aliphatic carbocycles. The SMILES string of the molecule is CC(C)(C)n1cnc(NC(=O)N[C@H]2CCN(c3ccccc3F)C2)n1. The number of hydrogen-bond donors (Lipinski definition) is 2. The fraction of sp³-hybridized carbons (Fsp3) is 0.471. The van der Waals surface area contributed by atoms with Crippen molar-refractivity contribution in [2.24, 2.45) is 0 Å². The van der Waals surface area contributed by atoms with E-state index in [-0.39, 0.29) is 29.4 Å². The molecular weight excluding hydrogens is 323 g/mol. The Kier molecular flexibility index (Phi) is 4.61. The number of rotatable bonds is 3. The Morgan fingerprint density at radius 1 is 1.32 bits per heavy atom. The maximum Gasteiger partial charge on any atom is 0.321 e. The monoisotopic (exact) mass is 346 g/mol. The number of hydrogen-bond acceptors (Lipinski definition) is 4. The molecule has 0 spiro atoms. The minimum atomic E-state index is -0.355. The Bertz CT molecular complexity index is 754. The van der Waals surface area contributed by atoms with E-state index in [9.17, 15) is 9.18 Å². The summed E-state index contributed by atoms with van der Waals surface area (Å²) in [5.41, 5.74) is 0.368. The van der Waals surface area contributed by atoms with Crippen LogP contribution in [0, 0.1) is 5.82 Å². The van der Waals surface area contributed by atoms with Gasteiger partial charge >= 0.3 is 6.03 Å². The number of amides is 2. The van der Waals surface area contributed by atoms with Gasteiger partial charge in [-0.15, -0.1) is 5.10 Å². The van der Waals surface area contributed by atoms with Crippen LogP contribution in [-0.2, 0) is 5.54 Å². The van der Waals surface area contributed by atoms with E-state index in [1.165, 1.54) is 6.07 Å². The number of halogens is 1. The molecule has 134 valence electrons. The predicted molar refractivity (Wildman–Crippen MR) is 94.2 cm³/mol. The molecule has 0 radical (unpaired) electrons. The smallest absolute Gasteiger partial charge is 0.321 e. The van der Waals surface area contributed by atoms with Gasteiger partial charge in [-0.2, -0.15) is 0 Å². The van der Waals surface area contributed by atoms with Gasteiger partial charge < -0.3 is 10.2 Å². The maximum atomic E-state index is 13.9. The number of carbonyl (C=O) groups excluding carboxylic acids is 1. The van der Waals surface area contributed by atoms with Crippen molar-refractivity contribution in [3.05, 3.63) is 36.4 Å². The molecule has 1 fully saturated rings. The lowest BCUT2D eigenvalue weighted by Crippen LogP contribution is -2.40. The van der Waals surface area contributed by atoms with E-state index in [4.69, 9.17) is 0 Å². The Morgan fingerprint density at radius 3 is 2.76 bits per heavy atom. The number of carbonyl (C=O) groups is 1. The summed E-state index contributed by atoms with van der Waals surface area (Å²) in [6.45, 7) is 7.27. The van der Waals surface area contributed by atoms with Crippen LogP contribution in [0.4, 0.5) is 20.8 Å². The third-order valence-electron chi connectivity index (χ3n) is 4.12. The zero-order valence-corrected chi connectivity index (χ0v) is 14.7. The van der Waals surface area contributed by atoms with Crippen LogP contribution in [0.5, 0.6) is 0 Å². The Hall–Kier alpha value is -2.64. The lowest BCUT2D eigenvalue weighted by atomic mass is 10.1.